The van der Waals surface area contributed by atoms with Crippen LogP contribution in [0, 0.1) is 6.92 Å². The van der Waals surface area contributed by atoms with Crippen molar-refractivity contribution < 1.29 is 0 Å². The molecule has 2 heteroatoms. The SMILES string of the molecule is CCSCc1cc2c(C)cccc2n1C(C)C. The number of rotatable bonds is 4. The lowest BCUT2D eigenvalue weighted by Crippen LogP contribution is -2.04. The Morgan fingerprint density at radius 3 is 2.71 bits per heavy atom. The Morgan fingerprint density at radius 2 is 2.06 bits per heavy atom. The van der Waals surface area contributed by atoms with Crippen molar-refractivity contribution >= 4 is 22.7 Å². The molecule has 1 aromatic heterocycles. The van der Waals surface area contributed by atoms with Gasteiger partial charge in [0.25, 0.3) is 0 Å². The summed E-state index contributed by atoms with van der Waals surface area (Å²) in [6, 6.07) is 9.49. The first-order valence-electron chi connectivity index (χ1n) is 6.32. The zero-order valence-corrected chi connectivity index (χ0v) is 12.0. The second-order valence-corrected chi connectivity index (χ2v) is 6.02. The molecule has 92 valence electrons. The largest absolute Gasteiger partial charge is 0.341 e. The first-order valence-corrected chi connectivity index (χ1v) is 7.47. The molecule has 0 N–H and O–H groups in total. The molecule has 0 radical (unpaired) electrons. The Balaban J connectivity index is 2.58. The molecule has 0 saturated carbocycles. The van der Waals surface area contributed by atoms with E-state index in [2.05, 4.69) is 56.5 Å². The first kappa shape index (κ1) is 12.6. The Kier molecular flexibility index (Phi) is 3.82. The molecule has 0 amide bonds. The van der Waals surface area contributed by atoms with Crippen molar-refractivity contribution in [1.82, 2.24) is 4.57 Å². The highest BCUT2D eigenvalue weighted by atomic mass is 32.2. The van der Waals surface area contributed by atoms with E-state index in [9.17, 15) is 0 Å². The molecule has 0 aliphatic rings. The van der Waals surface area contributed by atoms with Gasteiger partial charge < -0.3 is 4.57 Å². The lowest BCUT2D eigenvalue weighted by molar-refractivity contribution is 0.606. The van der Waals surface area contributed by atoms with Crippen LogP contribution in [0.15, 0.2) is 24.3 Å². The number of benzene rings is 1. The van der Waals surface area contributed by atoms with Crippen molar-refractivity contribution in [2.45, 2.75) is 39.5 Å². The van der Waals surface area contributed by atoms with Crippen LogP contribution in [0.2, 0.25) is 0 Å². The maximum Gasteiger partial charge on any atom is 0.0487 e. The van der Waals surface area contributed by atoms with Crippen LogP contribution in [0.4, 0.5) is 0 Å². The number of aromatic nitrogens is 1. The molecular formula is C15H21NS. The third-order valence-corrected chi connectivity index (χ3v) is 4.06. The molecule has 2 aromatic rings. The maximum absolute atomic E-state index is 2.48. The number of fused-ring (bicyclic) bond motifs is 1. The zero-order valence-electron chi connectivity index (χ0n) is 11.2. The molecule has 1 nitrogen and oxygen atoms in total. The molecular weight excluding hydrogens is 226 g/mol. The molecule has 0 aliphatic carbocycles. The standard InChI is InChI=1S/C15H21NS/c1-5-17-10-13-9-14-12(4)7-6-8-15(14)16(13)11(2)3/h6-9,11H,5,10H2,1-4H3. The van der Waals surface area contributed by atoms with Crippen molar-refractivity contribution in [1.29, 1.82) is 0 Å². The van der Waals surface area contributed by atoms with E-state index >= 15 is 0 Å². The average molecular weight is 247 g/mol. The minimum atomic E-state index is 0.529. The van der Waals surface area contributed by atoms with E-state index in [1.54, 1.807) is 0 Å². The fraction of sp³-hybridized carbons (Fsp3) is 0.467. The van der Waals surface area contributed by atoms with E-state index in [1.165, 1.54) is 27.9 Å². The second-order valence-electron chi connectivity index (χ2n) is 4.74. The van der Waals surface area contributed by atoms with E-state index in [0.717, 1.165) is 5.75 Å². The van der Waals surface area contributed by atoms with Crippen LogP contribution in [0.5, 0.6) is 0 Å². The summed E-state index contributed by atoms with van der Waals surface area (Å²) in [4.78, 5) is 0. The summed E-state index contributed by atoms with van der Waals surface area (Å²) in [6.07, 6.45) is 0. The Labute approximate surface area is 108 Å². The average Bonchev–Trinajstić information content (AvgIpc) is 2.66. The smallest absolute Gasteiger partial charge is 0.0487 e. The van der Waals surface area contributed by atoms with Crippen LogP contribution < -0.4 is 0 Å². The van der Waals surface area contributed by atoms with Gasteiger partial charge in [-0.05, 0) is 44.2 Å². The molecule has 1 aromatic carbocycles. The van der Waals surface area contributed by atoms with Crippen LogP contribution in [0.3, 0.4) is 0 Å². The van der Waals surface area contributed by atoms with Crippen molar-refractivity contribution in [2.75, 3.05) is 5.75 Å². The topological polar surface area (TPSA) is 4.93 Å². The van der Waals surface area contributed by atoms with Crippen LogP contribution >= 0.6 is 11.8 Å². The lowest BCUT2D eigenvalue weighted by Gasteiger charge is -2.14. The number of thioether (sulfide) groups is 1. The van der Waals surface area contributed by atoms with Gasteiger partial charge in [-0.2, -0.15) is 11.8 Å². The third kappa shape index (κ3) is 2.37. The van der Waals surface area contributed by atoms with Crippen LogP contribution in [-0.4, -0.2) is 10.3 Å². The van der Waals surface area contributed by atoms with E-state index in [4.69, 9.17) is 0 Å². The number of hydrogen-bond acceptors (Lipinski definition) is 1. The summed E-state index contributed by atoms with van der Waals surface area (Å²) in [5.41, 5.74) is 4.22. The Morgan fingerprint density at radius 1 is 1.29 bits per heavy atom. The maximum atomic E-state index is 2.48. The van der Waals surface area contributed by atoms with E-state index < -0.39 is 0 Å². The molecule has 1 heterocycles. The van der Waals surface area contributed by atoms with Crippen LogP contribution in [-0.2, 0) is 5.75 Å². The summed E-state index contributed by atoms with van der Waals surface area (Å²) in [6.45, 7) is 8.95. The van der Waals surface area contributed by atoms with Gasteiger partial charge in [-0.1, -0.05) is 19.1 Å². The first-order chi connectivity index (χ1) is 8.15. The molecule has 2 rings (SSSR count). The fourth-order valence-electron chi connectivity index (χ4n) is 2.38. The van der Waals surface area contributed by atoms with Gasteiger partial charge in [0, 0.05) is 28.4 Å². The van der Waals surface area contributed by atoms with Gasteiger partial charge in [0.2, 0.25) is 0 Å². The van der Waals surface area contributed by atoms with Gasteiger partial charge in [0.15, 0.2) is 0 Å². The van der Waals surface area contributed by atoms with E-state index in [0.29, 0.717) is 6.04 Å². The number of nitrogens with zero attached hydrogens (tertiary/aromatic N) is 1. The Bertz CT molecular complexity index is 511. The monoisotopic (exact) mass is 247 g/mol. The number of hydrogen-bond donors (Lipinski definition) is 0. The molecule has 0 bridgehead atoms. The predicted octanol–water partition coefficient (Wildman–Crippen LogP) is 4.78. The predicted molar refractivity (Wildman–Crippen MR) is 78.9 cm³/mol. The molecule has 17 heavy (non-hydrogen) atoms. The Hall–Kier alpha value is -0.890. The highest BCUT2D eigenvalue weighted by molar-refractivity contribution is 7.98. The van der Waals surface area contributed by atoms with E-state index in [1.807, 2.05) is 11.8 Å². The quantitative estimate of drug-likeness (QED) is 0.752. The van der Waals surface area contributed by atoms with Crippen LogP contribution in [0.1, 0.15) is 38.1 Å². The van der Waals surface area contributed by atoms with Crippen LogP contribution in [0.25, 0.3) is 10.9 Å². The van der Waals surface area contributed by atoms with Gasteiger partial charge in [0.05, 0.1) is 0 Å². The molecule has 0 unspecified atom stereocenters. The highest BCUT2D eigenvalue weighted by Gasteiger charge is 2.12. The second kappa shape index (κ2) is 5.18. The lowest BCUT2D eigenvalue weighted by atomic mass is 10.1. The molecule has 0 saturated heterocycles. The summed E-state index contributed by atoms with van der Waals surface area (Å²) in [5, 5.41) is 1.41. The van der Waals surface area contributed by atoms with Crippen molar-refractivity contribution in [3.63, 3.8) is 0 Å². The van der Waals surface area contributed by atoms with Crippen molar-refractivity contribution in [3.8, 4) is 0 Å². The van der Waals surface area contributed by atoms with Gasteiger partial charge in [-0.3, -0.25) is 0 Å². The summed E-state index contributed by atoms with van der Waals surface area (Å²) in [5.74, 6) is 2.29. The molecule has 0 atom stereocenters. The van der Waals surface area contributed by atoms with Gasteiger partial charge >= 0.3 is 0 Å². The van der Waals surface area contributed by atoms with E-state index in [-0.39, 0.29) is 0 Å². The third-order valence-electron chi connectivity index (χ3n) is 3.15. The summed E-state index contributed by atoms with van der Waals surface area (Å²) in [7, 11) is 0. The zero-order chi connectivity index (χ0) is 12.4. The molecule has 0 fully saturated rings. The summed E-state index contributed by atoms with van der Waals surface area (Å²) >= 11 is 1.99. The molecule has 0 aliphatic heterocycles. The van der Waals surface area contributed by atoms with Gasteiger partial charge in [-0.25, -0.2) is 0 Å². The van der Waals surface area contributed by atoms with Crippen molar-refractivity contribution in [3.05, 3.63) is 35.5 Å². The normalized spacial score (nSPS) is 11.6. The van der Waals surface area contributed by atoms with Crippen molar-refractivity contribution in [2.24, 2.45) is 0 Å². The van der Waals surface area contributed by atoms with Gasteiger partial charge in [-0.15, -0.1) is 0 Å². The fourth-order valence-corrected chi connectivity index (χ4v) is 3.02. The minimum Gasteiger partial charge on any atom is -0.341 e. The van der Waals surface area contributed by atoms with Gasteiger partial charge in [0.1, 0.15) is 0 Å². The highest BCUT2D eigenvalue weighted by Crippen LogP contribution is 2.28. The summed E-state index contributed by atoms with van der Waals surface area (Å²) < 4.78 is 2.48. The molecule has 0 spiro atoms. The minimum absolute atomic E-state index is 0.529. The number of aryl methyl sites for hydroxylation is 1.